The Hall–Kier alpha value is -2.73. The van der Waals surface area contributed by atoms with Gasteiger partial charge in [0.15, 0.2) is 11.5 Å². The summed E-state index contributed by atoms with van der Waals surface area (Å²) in [5, 5.41) is 3.46. The first-order chi connectivity index (χ1) is 12.5. The highest BCUT2D eigenvalue weighted by Gasteiger charge is 2.32. The van der Waals surface area contributed by atoms with Gasteiger partial charge in [-0.1, -0.05) is 11.6 Å². The summed E-state index contributed by atoms with van der Waals surface area (Å²) >= 11 is 5.84. The number of carbonyl (C=O) groups excluding carboxylic acids is 2. The van der Waals surface area contributed by atoms with Crippen LogP contribution < -0.4 is 19.7 Å². The first-order valence-electron chi connectivity index (χ1n) is 8.10. The predicted molar refractivity (Wildman–Crippen MR) is 99.2 cm³/mol. The molecule has 0 saturated carbocycles. The van der Waals surface area contributed by atoms with Gasteiger partial charge in [-0.25, -0.2) is 0 Å². The van der Waals surface area contributed by atoms with Crippen molar-refractivity contribution >= 4 is 29.1 Å². The number of nitrogens with one attached hydrogen (secondary N) is 1. The number of benzene rings is 2. The number of anilines is 1. The molecule has 1 aliphatic heterocycles. The van der Waals surface area contributed by atoms with Crippen LogP contribution in [0.3, 0.4) is 0 Å². The van der Waals surface area contributed by atoms with E-state index >= 15 is 0 Å². The van der Waals surface area contributed by atoms with E-state index in [0.29, 0.717) is 34.3 Å². The fourth-order valence-electron chi connectivity index (χ4n) is 2.92. The van der Waals surface area contributed by atoms with E-state index in [9.17, 15) is 9.59 Å². The number of hydrogen-bond acceptors (Lipinski definition) is 4. The van der Waals surface area contributed by atoms with Crippen molar-refractivity contribution in [3.05, 3.63) is 53.1 Å². The molecule has 1 aliphatic rings. The van der Waals surface area contributed by atoms with Gasteiger partial charge in [-0.15, -0.1) is 0 Å². The highest BCUT2D eigenvalue weighted by Crippen LogP contribution is 2.33. The molecule has 136 valence electrons. The topological polar surface area (TPSA) is 67.9 Å². The van der Waals surface area contributed by atoms with E-state index in [1.165, 1.54) is 0 Å². The summed E-state index contributed by atoms with van der Waals surface area (Å²) < 4.78 is 10.5. The lowest BCUT2D eigenvalue weighted by molar-refractivity contribution is -0.117. The van der Waals surface area contributed by atoms with Crippen molar-refractivity contribution in [1.82, 2.24) is 5.32 Å². The number of halogens is 1. The van der Waals surface area contributed by atoms with E-state index in [4.69, 9.17) is 21.1 Å². The molecule has 1 N–H and O–H groups in total. The molecule has 0 aromatic heterocycles. The highest BCUT2D eigenvalue weighted by atomic mass is 35.5. The highest BCUT2D eigenvalue weighted by molar-refractivity contribution is 6.30. The second-order valence-corrected chi connectivity index (χ2v) is 6.36. The van der Waals surface area contributed by atoms with Crippen LogP contribution in [0.15, 0.2) is 42.5 Å². The Morgan fingerprint density at radius 2 is 1.81 bits per heavy atom. The van der Waals surface area contributed by atoms with Crippen molar-refractivity contribution in [2.45, 2.75) is 12.5 Å². The van der Waals surface area contributed by atoms with Crippen LogP contribution >= 0.6 is 11.6 Å². The van der Waals surface area contributed by atoms with Crippen molar-refractivity contribution < 1.29 is 19.1 Å². The van der Waals surface area contributed by atoms with Gasteiger partial charge in [0.2, 0.25) is 5.91 Å². The lowest BCUT2D eigenvalue weighted by Crippen LogP contribution is -2.37. The van der Waals surface area contributed by atoms with Crippen molar-refractivity contribution in [1.29, 1.82) is 0 Å². The van der Waals surface area contributed by atoms with Crippen LogP contribution in [0.4, 0.5) is 5.69 Å². The molecule has 0 bridgehead atoms. The number of amides is 2. The number of rotatable bonds is 5. The second-order valence-electron chi connectivity index (χ2n) is 5.93. The molecule has 2 aromatic carbocycles. The molecule has 2 aromatic rings. The molecule has 2 amide bonds. The van der Waals surface area contributed by atoms with Gasteiger partial charge in [-0.3, -0.25) is 9.59 Å². The van der Waals surface area contributed by atoms with Crippen LogP contribution in [-0.4, -0.2) is 38.6 Å². The van der Waals surface area contributed by atoms with E-state index in [-0.39, 0.29) is 24.3 Å². The summed E-state index contributed by atoms with van der Waals surface area (Å²) in [7, 11) is 3.10. The number of hydrogen-bond donors (Lipinski definition) is 1. The molecule has 0 unspecified atom stereocenters. The van der Waals surface area contributed by atoms with Crippen molar-refractivity contribution in [3.8, 4) is 11.5 Å². The van der Waals surface area contributed by atoms with Crippen LogP contribution in [0.5, 0.6) is 11.5 Å². The van der Waals surface area contributed by atoms with E-state index < -0.39 is 0 Å². The molecule has 0 spiro atoms. The molecule has 0 aliphatic carbocycles. The molecule has 1 atom stereocenters. The Bertz CT molecular complexity index is 823. The average molecular weight is 375 g/mol. The molecule has 26 heavy (non-hydrogen) atoms. The molecule has 1 saturated heterocycles. The van der Waals surface area contributed by atoms with E-state index in [1.54, 1.807) is 61.6 Å². The Kier molecular flexibility index (Phi) is 5.32. The number of nitrogens with zero attached hydrogens (tertiary/aromatic N) is 1. The largest absolute Gasteiger partial charge is 0.493 e. The van der Waals surface area contributed by atoms with Gasteiger partial charge >= 0.3 is 0 Å². The van der Waals surface area contributed by atoms with Gasteiger partial charge in [-0.2, -0.15) is 0 Å². The van der Waals surface area contributed by atoms with Gasteiger partial charge < -0.3 is 19.7 Å². The SMILES string of the molecule is COc1ccc(N2C[C@@H](NC(=O)c3ccc(Cl)cc3)CC2=O)cc1OC. The molecule has 7 heteroatoms. The zero-order valence-corrected chi connectivity index (χ0v) is 15.2. The maximum Gasteiger partial charge on any atom is 0.251 e. The fourth-order valence-corrected chi connectivity index (χ4v) is 3.04. The number of ether oxygens (including phenoxy) is 2. The van der Waals surface area contributed by atoms with Crippen LogP contribution in [0.1, 0.15) is 16.8 Å². The second kappa shape index (κ2) is 7.66. The van der Waals surface area contributed by atoms with Gasteiger partial charge in [0.25, 0.3) is 5.91 Å². The van der Waals surface area contributed by atoms with E-state index in [2.05, 4.69) is 5.32 Å². The molecular formula is C19H19ClN2O4. The summed E-state index contributed by atoms with van der Waals surface area (Å²) in [6.45, 7) is 0.396. The Balaban J connectivity index is 1.70. The first kappa shape index (κ1) is 18.1. The van der Waals surface area contributed by atoms with Crippen LogP contribution in [0, 0.1) is 0 Å². The Labute approximate surface area is 156 Å². The summed E-state index contributed by atoms with van der Waals surface area (Å²) in [6.07, 6.45) is 0.244. The minimum atomic E-state index is -0.265. The normalized spacial score (nSPS) is 16.5. The van der Waals surface area contributed by atoms with Crippen molar-refractivity contribution in [3.63, 3.8) is 0 Å². The quantitative estimate of drug-likeness (QED) is 0.873. The minimum Gasteiger partial charge on any atom is -0.493 e. The average Bonchev–Trinajstić information content (AvgIpc) is 3.01. The minimum absolute atomic E-state index is 0.0568. The zero-order chi connectivity index (χ0) is 18.7. The van der Waals surface area contributed by atoms with Crippen molar-refractivity contribution in [2.75, 3.05) is 25.7 Å². The summed E-state index contributed by atoms with van der Waals surface area (Å²) in [5.74, 6) is 0.856. The van der Waals surface area contributed by atoms with Gasteiger partial charge in [0.05, 0.1) is 20.3 Å². The van der Waals surface area contributed by atoms with Crippen LogP contribution in [-0.2, 0) is 4.79 Å². The third kappa shape index (κ3) is 3.75. The Morgan fingerprint density at radius 1 is 1.12 bits per heavy atom. The Morgan fingerprint density at radius 3 is 2.46 bits per heavy atom. The van der Waals surface area contributed by atoms with E-state index in [1.807, 2.05) is 0 Å². The zero-order valence-electron chi connectivity index (χ0n) is 14.5. The predicted octanol–water partition coefficient (Wildman–Crippen LogP) is 2.89. The van der Waals surface area contributed by atoms with Crippen molar-refractivity contribution in [2.24, 2.45) is 0 Å². The molecule has 1 heterocycles. The maximum absolute atomic E-state index is 12.4. The van der Waals surface area contributed by atoms with Crippen LogP contribution in [0.2, 0.25) is 5.02 Å². The lowest BCUT2D eigenvalue weighted by Gasteiger charge is -2.19. The summed E-state index contributed by atoms with van der Waals surface area (Å²) in [6, 6.07) is 11.7. The smallest absolute Gasteiger partial charge is 0.251 e. The maximum atomic E-state index is 12.4. The number of methoxy groups -OCH3 is 2. The van der Waals surface area contributed by atoms with Gasteiger partial charge in [0.1, 0.15) is 0 Å². The van der Waals surface area contributed by atoms with E-state index in [0.717, 1.165) is 0 Å². The molecular weight excluding hydrogens is 356 g/mol. The third-order valence-corrected chi connectivity index (χ3v) is 4.50. The molecule has 0 radical (unpaired) electrons. The lowest BCUT2D eigenvalue weighted by atomic mass is 10.2. The molecule has 1 fully saturated rings. The fraction of sp³-hybridized carbons (Fsp3) is 0.263. The first-order valence-corrected chi connectivity index (χ1v) is 8.48. The number of carbonyl (C=O) groups is 2. The summed E-state index contributed by atoms with van der Waals surface area (Å²) in [5.41, 5.74) is 1.21. The molecule has 6 nitrogen and oxygen atoms in total. The van der Waals surface area contributed by atoms with Gasteiger partial charge in [0, 0.05) is 35.3 Å². The van der Waals surface area contributed by atoms with Gasteiger partial charge in [-0.05, 0) is 36.4 Å². The monoisotopic (exact) mass is 374 g/mol. The molecule has 3 rings (SSSR count). The third-order valence-electron chi connectivity index (χ3n) is 4.25. The van der Waals surface area contributed by atoms with Crippen LogP contribution in [0.25, 0.3) is 0 Å². The summed E-state index contributed by atoms with van der Waals surface area (Å²) in [4.78, 5) is 26.3. The standard InChI is InChI=1S/C19H19ClN2O4/c1-25-16-8-7-15(10-17(16)26-2)22-11-14(9-18(22)23)21-19(24)12-3-5-13(20)6-4-12/h3-8,10,14H,9,11H2,1-2H3,(H,21,24)/t14-/m0/s1.